The van der Waals surface area contributed by atoms with Crippen molar-refractivity contribution in [2.75, 3.05) is 33.4 Å². The van der Waals surface area contributed by atoms with E-state index >= 15 is 0 Å². The maximum Gasteiger partial charge on any atom is 0.248 e. The molecule has 0 radical (unpaired) electrons. The molecule has 1 atom stereocenters. The van der Waals surface area contributed by atoms with Gasteiger partial charge in [0.05, 0.1) is 5.41 Å². The van der Waals surface area contributed by atoms with Crippen molar-refractivity contribution < 1.29 is 14.3 Å². The molecule has 0 unspecified atom stereocenters. The van der Waals surface area contributed by atoms with Gasteiger partial charge in [-0.1, -0.05) is 6.07 Å². The van der Waals surface area contributed by atoms with Gasteiger partial charge in [0.15, 0.2) is 0 Å². The van der Waals surface area contributed by atoms with Crippen LogP contribution in [0.5, 0.6) is 0 Å². The molecule has 0 aliphatic carbocycles. The molecule has 1 aromatic heterocycles. The molecule has 2 aliphatic heterocycles. The predicted molar refractivity (Wildman–Crippen MR) is 84.4 cm³/mol. The summed E-state index contributed by atoms with van der Waals surface area (Å²) in [5.41, 5.74) is 0.644. The van der Waals surface area contributed by atoms with Crippen LogP contribution in [0, 0.1) is 5.41 Å². The first-order valence-electron chi connectivity index (χ1n) is 8.10. The molecule has 0 N–H and O–H groups in total. The molecule has 23 heavy (non-hydrogen) atoms. The molecule has 2 aliphatic rings. The average molecular weight is 317 g/mol. The van der Waals surface area contributed by atoms with E-state index in [1.54, 1.807) is 17.3 Å². The molecule has 124 valence electrons. The van der Waals surface area contributed by atoms with E-state index in [9.17, 15) is 9.59 Å². The number of carbonyl (C=O) groups excluding carboxylic acids is 2. The molecule has 1 spiro atoms. The molecule has 3 rings (SSSR count). The highest BCUT2D eigenvalue weighted by Crippen LogP contribution is 2.40. The van der Waals surface area contributed by atoms with Crippen LogP contribution < -0.4 is 0 Å². The number of rotatable bonds is 4. The van der Waals surface area contributed by atoms with Gasteiger partial charge in [0.25, 0.3) is 0 Å². The lowest BCUT2D eigenvalue weighted by atomic mass is 9.78. The van der Waals surface area contributed by atoms with Crippen LogP contribution in [0.1, 0.15) is 24.8 Å². The van der Waals surface area contributed by atoms with Gasteiger partial charge in [0, 0.05) is 45.7 Å². The summed E-state index contributed by atoms with van der Waals surface area (Å²) in [5.74, 6) is 0.154. The molecule has 2 fully saturated rings. The van der Waals surface area contributed by atoms with Crippen molar-refractivity contribution in [1.29, 1.82) is 0 Å². The summed E-state index contributed by atoms with van der Waals surface area (Å²) in [7, 11) is 1.52. The number of methoxy groups -OCH3 is 1. The minimum Gasteiger partial charge on any atom is -0.375 e. The summed E-state index contributed by atoms with van der Waals surface area (Å²) in [6.07, 6.45) is 6.10. The highest BCUT2D eigenvalue weighted by atomic mass is 16.5. The fourth-order valence-corrected chi connectivity index (χ4v) is 3.69. The Morgan fingerprint density at radius 3 is 3.00 bits per heavy atom. The van der Waals surface area contributed by atoms with E-state index in [0.29, 0.717) is 13.1 Å². The highest BCUT2D eigenvalue weighted by Gasteiger charge is 2.49. The first-order valence-corrected chi connectivity index (χ1v) is 8.10. The van der Waals surface area contributed by atoms with Crippen LogP contribution >= 0.6 is 0 Å². The normalized spacial score (nSPS) is 24.5. The van der Waals surface area contributed by atoms with Crippen molar-refractivity contribution in [1.82, 2.24) is 14.8 Å². The molecule has 1 aromatic rings. The van der Waals surface area contributed by atoms with Crippen LogP contribution in [0.3, 0.4) is 0 Å². The molecule has 6 nitrogen and oxygen atoms in total. The summed E-state index contributed by atoms with van der Waals surface area (Å²) >= 11 is 0. The number of amides is 2. The summed E-state index contributed by atoms with van der Waals surface area (Å²) < 4.78 is 4.94. The van der Waals surface area contributed by atoms with Crippen molar-refractivity contribution in [2.24, 2.45) is 5.41 Å². The third-order valence-electron chi connectivity index (χ3n) is 4.89. The molecule has 0 aromatic carbocycles. The molecular weight excluding hydrogens is 294 g/mol. The fourth-order valence-electron chi connectivity index (χ4n) is 3.69. The summed E-state index contributed by atoms with van der Waals surface area (Å²) in [5, 5.41) is 0. The van der Waals surface area contributed by atoms with Crippen LogP contribution in [0.15, 0.2) is 24.5 Å². The fraction of sp³-hybridized carbons (Fsp3) is 0.588. The van der Waals surface area contributed by atoms with Crippen LogP contribution in [-0.4, -0.2) is 59.9 Å². The summed E-state index contributed by atoms with van der Waals surface area (Å²) in [6.45, 7) is 2.68. The van der Waals surface area contributed by atoms with Crippen LogP contribution in [0.25, 0.3) is 0 Å². The highest BCUT2D eigenvalue weighted by molar-refractivity contribution is 5.86. The van der Waals surface area contributed by atoms with Crippen molar-refractivity contribution in [2.45, 2.75) is 25.8 Å². The van der Waals surface area contributed by atoms with Gasteiger partial charge in [-0.05, 0) is 30.9 Å². The van der Waals surface area contributed by atoms with Crippen molar-refractivity contribution >= 4 is 11.8 Å². The predicted octanol–water partition coefficient (Wildman–Crippen LogP) is 1.07. The lowest BCUT2D eigenvalue weighted by Gasteiger charge is -2.39. The van der Waals surface area contributed by atoms with Crippen LogP contribution in [0.4, 0.5) is 0 Å². The van der Waals surface area contributed by atoms with Gasteiger partial charge in [-0.25, -0.2) is 0 Å². The zero-order chi connectivity index (χ0) is 16.3. The summed E-state index contributed by atoms with van der Waals surface area (Å²) in [6, 6.07) is 3.87. The monoisotopic (exact) mass is 317 g/mol. The third-order valence-corrected chi connectivity index (χ3v) is 4.89. The molecular formula is C17H23N3O3. The standard InChI is InChI=1S/C17H23N3O3/c1-23-12-15(21)20-8-3-5-17(13-20)6-9-19(16(17)22)11-14-4-2-7-18-10-14/h2,4,7,10H,3,5-6,8-9,11-13H2,1H3/t17-/m1/s1. The van der Waals surface area contributed by atoms with E-state index in [1.807, 2.05) is 17.0 Å². The maximum absolute atomic E-state index is 12.9. The van der Waals surface area contributed by atoms with Crippen LogP contribution in [0.2, 0.25) is 0 Å². The average Bonchev–Trinajstić information content (AvgIpc) is 2.86. The number of hydrogen-bond donors (Lipinski definition) is 0. The maximum atomic E-state index is 12.9. The Bertz CT molecular complexity index is 578. The Kier molecular flexibility index (Phi) is 4.61. The molecule has 2 saturated heterocycles. The first-order chi connectivity index (χ1) is 11.1. The van der Waals surface area contributed by atoms with Gasteiger partial charge in [-0.2, -0.15) is 0 Å². The van der Waals surface area contributed by atoms with E-state index in [4.69, 9.17) is 4.74 Å². The SMILES string of the molecule is COCC(=O)N1CCC[C@@]2(CCN(Cc3cccnc3)C2=O)C1. The number of ether oxygens (including phenoxy) is 1. The number of likely N-dealkylation sites (tertiary alicyclic amines) is 2. The minimum atomic E-state index is -0.399. The topological polar surface area (TPSA) is 62.7 Å². The van der Waals surface area contributed by atoms with Crippen LogP contribution in [-0.2, 0) is 20.9 Å². The van der Waals surface area contributed by atoms with Gasteiger partial charge < -0.3 is 14.5 Å². The Balaban J connectivity index is 1.68. The van der Waals surface area contributed by atoms with Crippen molar-refractivity contribution in [3.05, 3.63) is 30.1 Å². The molecule has 0 saturated carbocycles. The Morgan fingerprint density at radius 2 is 2.26 bits per heavy atom. The number of aromatic nitrogens is 1. The Labute approximate surface area is 136 Å². The number of hydrogen-bond acceptors (Lipinski definition) is 4. The van der Waals surface area contributed by atoms with E-state index in [1.165, 1.54) is 7.11 Å². The third kappa shape index (κ3) is 3.22. The second kappa shape index (κ2) is 6.66. The van der Waals surface area contributed by atoms with E-state index < -0.39 is 5.41 Å². The number of nitrogens with zero attached hydrogens (tertiary/aromatic N) is 3. The molecule has 2 amide bonds. The second-order valence-electron chi connectivity index (χ2n) is 6.47. The first kappa shape index (κ1) is 15.9. The van der Waals surface area contributed by atoms with E-state index in [-0.39, 0.29) is 18.4 Å². The number of carbonyl (C=O) groups is 2. The van der Waals surface area contributed by atoms with Crippen molar-refractivity contribution in [3.63, 3.8) is 0 Å². The lowest BCUT2D eigenvalue weighted by molar-refractivity contribution is -0.145. The zero-order valence-electron chi connectivity index (χ0n) is 13.5. The largest absolute Gasteiger partial charge is 0.375 e. The Hall–Kier alpha value is -1.95. The van der Waals surface area contributed by atoms with Gasteiger partial charge in [0.2, 0.25) is 11.8 Å². The second-order valence-corrected chi connectivity index (χ2v) is 6.47. The van der Waals surface area contributed by atoms with Gasteiger partial charge >= 0.3 is 0 Å². The zero-order valence-corrected chi connectivity index (χ0v) is 13.5. The van der Waals surface area contributed by atoms with E-state index in [0.717, 1.165) is 37.9 Å². The number of pyridine rings is 1. The van der Waals surface area contributed by atoms with Crippen molar-refractivity contribution in [3.8, 4) is 0 Å². The summed E-state index contributed by atoms with van der Waals surface area (Å²) in [4.78, 5) is 32.8. The van der Waals surface area contributed by atoms with E-state index in [2.05, 4.69) is 4.98 Å². The lowest BCUT2D eigenvalue weighted by Crippen LogP contribution is -2.50. The minimum absolute atomic E-state index is 0.0231. The Morgan fingerprint density at radius 1 is 1.39 bits per heavy atom. The smallest absolute Gasteiger partial charge is 0.248 e. The van der Waals surface area contributed by atoms with Gasteiger partial charge in [0.1, 0.15) is 6.61 Å². The molecule has 0 bridgehead atoms. The quantitative estimate of drug-likeness (QED) is 0.833. The number of piperidine rings is 1. The van der Waals surface area contributed by atoms with Gasteiger partial charge in [-0.15, -0.1) is 0 Å². The molecule has 6 heteroatoms. The molecule has 3 heterocycles. The van der Waals surface area contributed by atoms with Gasteiger partial charge in [-0.3, -0.25) is 14.6 Å².